The number of aromatic nitrogens is 2. The average molecular weight is 399 g/mol. The molecule has 0 spiro atoms. The van der Waals surface area contributed by atoms with Crippen molar-refractivity contribution in [3.8, 4) is 0 Å². The minimum absolute atomic E-state index is 0.0384. The first kappa shape index (κ1) is 20.8. The fourth-order valence-corrected chi connectivity index (χ4v) is 5.56. The van der Waals surface area contributed by atoms with E-state index in [-0.39, 0.29) is 17.0 Å². The third-order valence-corrected chi connectivity index (χ3v) is 7.15. The molecular formula is C19H34N4O3S. The Balaban J connectivity index is 1.76. The van der Waals surface area contributed by atoms with E-state index in [1.54, 1.807) is 6.20 Å². The molecule has 0 radical (unpaired) electrons. The quantitative estimate of drug-likeness (QED) is 0.663. The molecule has 0 aliphatic carbocycles. The van der Waals surface area contributed by atoms with Gasteiger partial charge in [0, 0.05) is 45.9 Å². The standard InChI is InChI=1S/C19H34N4O3S/c1-4-21-7-9-22(10-8-21)14-17-12-20-19(23(17)13-16(2)3)27(24,25)15-18-6-5-11-26-18/h12,16,18H,4-11,13-15H2,1-3H3. The molecule has 1 unspecified atom stereocenters. The van der Waals surface area contributed by atoms with E-state index < -0.39 is 9.84 Å². The third kappa shape index (κ3) is 5.31. The third-order valence-electron chi connectivity index (χ3n) is 5.45. The summed E-state index contributed by atoms with van der Waals surface area (Å²) in [6.07, 6.45) is 3.33. The number of sulfone groups is 1. The number of hydrogen-bond acceptors (Lipinski definition) is 6. The Morgan fingerprint density at radius 2 is 1.93 bits per heavy atom. The lowest BCUT2D eigenvalue weighted by atomic mass is 10.2. The highest BCUT2D eigenvalue weighted by molar-refractivity contribution is 7.91. The van der Waals surface area contributed by atoms with E-state index in [1.807, 2.05) is 4.57 Å². The lowest BCUT2D eigenvalue weighted by molar-refractivity contribution is 0.127. The Kier molecular flexibility index (Phi) is 6.94. The van der Waals surface area contributed by atoms with Crippen molar-refractivity contribution in [2.45, 2.75) is 58.0 Å². The highest BCUT2D eigenvalue weighted by atomic mass is 32.2. The predicted octanol–water partition coefficient (Wildman–Crippen LogP) is 1.63. The summed E-state index contributed by atoms with van der Waals surface area (Å²) in [6, 6.07) is 0. The predicted molar refractivity (Wildman–Crippen MR) is 105 cm³/mol. The van der Waals surface area contributed by atoms with Crippen LogP contribution in [-0.2, 0) is 27.7 Å². The molecule has 8 heteroatoms. The highest BCUT2D eigenvalue weighted by Gasteiger charge is 2.30. The Morgan fingerprint density at radius 1 is 1.22 bits per heavy atom. The van der Waals surface area contributed by atoms with Crippen molar-refractivity contribution < 1.29 is 13.2 Å². The molecule has 1 aromatic heterocycles. The number of imidazole rings is 1. The van der Waals surface area contributed by atoms with Crippen LogP contribution in [0.15, 0.2) is 11.4 Å². The molecule has 0 aromatic carbocycles. The molecule has 154 valence electrons. The van der Waals surface area contributed by atoms with Crippen molar-refractivity contribution in [1.82, 2.24) is 19.4 Å². The second-order valence-corrected chi connectivity index (χ2v) is 10.1. The van der Waals surface area contributed by atoms with Gasteiger partial charge in [-0.2, -0.15) is 0 Å². The van der Waals surface area contributed by atoms with Crippen LogP contribution in [0.4, 0.5) is 0 Å². The lowest BCUT2D eigenvalue weighted by Crippen LogP contribution is -2.45. The first-order chi connectivity index (χ1) is 12.9. The van der Waals surface area contributed by atoms with E-state index in [2.05, 4.69) is 35.6 Å². The Morgan fingerprint density at radius 3 is 2.52 bits per heavy atom. The number of nitrogens with zero attached hydrogens (tertiary/aromatic N) is 4. The summed E-state index contributed by atoms with van der Waals surface area (Å²) in [6.45, 7) is 13.8. The van der Waals surface area contributed by atoms with Crippen LogP contribution in [0.2, 0.25) is 0 Å². The fraction of sp³-hybridized carbons (Fsp3) is 0.842. The maximum Gasteiger partial charge on any atom is 0.227 e. The zero-order valence-corrected chi connectivity index (χ0v) is 17.7. The Labute approximate surface area is 163 Å². The maximum absolute atomic E-state index is 13.0. The van der Waals surface area contributed by atoms with Gasteiger partial charge in [-0.25, -0.2) is 13.4 Å². The van der Waals surface area contributed by atoms with E-state index >= 15 is 0 Å². The van der Waals surface area contributed by atoms with Crippen LogP contribution in [0.25, 0.3) is 0 Å². The topological polar surface area (TPSA) is 67.7 Å². The highest BCUT2D eigenvalue weighted by Crippen LogP contribution is 2.21. The molecule has 1 aromatic rings. The van der Waals surface area contributed by atoms with E-state index in [0.717, 1.165) is 57.8 Å². The summed E-state index contributed by atoms with van der Waals surface area (Å²) in [4.78, 5) is 9.21. The van der Waals surface area contributed by atoms with E-state index in [9.17, 15) is 8.42 Å². The maximum atomic E-state index is 13.0. The van der Waals surface area contributed by atoms with Gasteiger partial charge < -0.3 is 14.2 Å². The summed E-state index contributed by atoms with van der Waals surface area (Å²) < 4.78 is 33.5. The number of hydrogen-bond donors (Lipinski definition) is 0. The van der Waals surface area contributed by atoms with Crippen molar-refractivity contribution in [3.63, 3.8) is 0 Å². The molecule has 2 aliphatic rings. The average Bonchev–Trinajstić information content (AvgIpc) is 3.25. The molecule has 0 bridgehead atoms. The normalized spacial score (nSPS) is 22.7. The van der Waals surface area contributed by atoms with Crippen molar-refractivity contribution in [1.29, 1.82) is 0 Å². The lowest BCUT2D eigenvalue weighted by Gasteiger charge is -2.34. The summed E-state index contributed by atoms with van der Waals surface area (Å²) in [5, 5.41) is 0.217. The zero-order chi connectivity index (χ0) is 19.4. The number of likely N-dealkylation sites (N-methyl/N-ethyl adjacent to an activating group) is 1. The van der Waals surface area contributed by atoms with Crippen LogP contribution in [-0.4, -0.2) is 79.0 Å². The van der Waals surface area contributed by atoms with Crippen LogP contribution >= 0.6 is 0 Å². The van der Waals surface area contributed by atoms with Crippen LogP contribution < -0.4 is 0 Å². The molecular weight excluding hydrogens is 364 g/mol. The second kappa shape index (κ2) is 9.03. The summed E-state index contributed by atoms with van der Waals surface area (Å²) in [7, 11) is -3.45. The summed E-state index contributed by atoms with van der Waals surface area (Å²) >= 11 is 0. The van der Waals surface area contributed by atoms with Gasteiger partial charge in [-0.3, -0.25) is 4.90 Å². The summed E-state index contributed by atoms with van der Waals surface area (Å²) in [5.41, 5.74) is 1.000. The van der Waals surface area contributed by atoms with Gasteiger partial charge in [0.2, 0.25) is 15.0 Å². The van der Waals surface area contributed by atoms with E-state index in [4.69, 9.17) is 4.74 Å². The molecule has 1 atom stereocenters. The van der Waals surface area contributed by atoms with Gasteiger partial charge in [0.05, 0.1) is 23.7 Å². The second-order valence-electron chi connectivity index (χ2n) is 8.16. The molecule has 0 saturated carbocycles. The van der Waals surface area contributed by atoms with Gasteiger partial charge in [-0.1, -0.05) is 20.8 Å². The van der Waals surface area contributed by atoms with Gasteiger partial charge in [0.15, 0.2) is 0 Å². The van der Waals surface area contributed by atoms with Gasteiger partial charge >= 0.3 is 0 Å². The molecule has 2 saturated heterocycles. The van der Waals surface area contributed by atoms with Crippen LogP contribution in [0.3, 0.4) is 0 Å². The number of rotatable bonds is 8. The largest absolute Gasteiger partial charge is 0.377 e. The van der Waals surface area contributed by atoms with Crippen molar-refractivity contribution in [2.75, 3.05) is 45.1 Å². The number of ether oxygens (including phenoxy) is 1. The molecule has 3 rings (SSSR count). The van der Waals surface area contributed by atoms with Gasteiger partial charge in [0.1, 0.15) is 0 Å². The van der Waals surface area contributed by atoms with Crippen molar-refractivity contribution >= 4 is 9.84 Å². The van der Waals surface area contributed by atoms with Crippen LogP contribution in [0.1, 0.15) is 39.3 Å². The van der Waals surface area contributed by atoms with Gasteiger partial charge in [0.25, 0.3) is 0 Å². The monoisotopic (exact) mass is 398 g/mol. The molecule has 3 heterocycles. The van der Waals surface area contributed by atoms with Crippen LogP contribution in [0.5, 0.6) is 0 Å². The van der Waals surface area contributed by atoms with Crippen molar-refractivity contribution in [2.24, 2.45) is 5.92 Å². The first-order valence-electron chi connectivity index (χ1n) is 10.2. The van der Waals surface area contributed by atoms with E-state index in [0.29, 0.717) is 19.1 Å². The number of piperazine rings is 1. The summed E-state index contributed by atoms with van der Waals surface area (Å²) in [5.74, 6) is 0.392. The molecule has 2 aliphatic heterocycles. The Bertz CT molecular complexity index is 703. The Hall–Kier alpha value is -0.960. The first-order valence-corrected chi connectivity index (χ1v) is 11.9. The SMILES string of the molecule is CCN1CCN(Cc2cnc(S(=O)(=O)CC3CCCO3)n2CC(C)C)CC1. The molecule has 0 amide bonds. The molecule has 0 N–H and O–H groups in total. The minimum Gasteiger partial charge on any atom is -0.377 e. The molecule has 27 heavy (non-hydrogen) atoms. The molecule has 7 nitrogen and oxygen atoms in total. The zero-order valence-electron chi connectivity index (χ0n) is 16.9. The van der Waals surface area contributed by atoms with Crippen LogP contribution in [0, 0.1) is 5.92 Å². The fourth-order valence-electron chi connectivity index (χ4n) is 3.91. The van der Waals surface area contributed by atoms with Gasteiger partial charge in [-0.15, -0.1) is 0 Å². The van der Waals surface area contributed by atoms with Gasteiger partial charge in [-0.05, 0) is 25.3 Å². The van der Waals surface area contributed by atoms with E-state index in [1.165, 1.54) is 0 Å². The smallest absolute Gasteiger partial charge is 0.227 e. The minimum atomic E-state index is -3.45. The molecule has 2 fully saturated rings. The van der Waals surface area contributed by atoms with Crippen molar-refractivity contribution in [3.05, 3.63) is 11.9 Å².